The molecule has 1 aromatic heterocycles. The summed E-state index contributed by atoms with van der Waals surface area (Å²) in [7, 11) is 0. The predicted octanol–water partition coefficient (Wildman–Crippen LogP) is 1.77. The highest BCUT2D eigenvalue weighted by Gasteiger charge is 2.16. The maximum atomic E-state index is 13.6. The number of aromatic nitrogens is 2. The van der Waals surface area contributed by atoms with E-state index < -0.39 is 28.6 Å². The van der Waals surface area contributed by atoms with Gasteiger partial charge in [-0.15, -0.1) is 0 Å². The zero-order chi connectivity index (χ0) is 13.4. The number of hydrogen-bond donors (Lipinski definition) is 1. The number of nitrogens with zero attached hydrogens (tertiary/aromatic N) is 1. The Bertz CT molecular complexity index is 682. The first kappa shape index (κ1) is 12.5. The van der Waals surface area contributed by atoms with Crippen molar-refractivity contribution in [1.82, 2.24) is 9.55 Å². The summed E-state index contributed by atoms with van der Waals surface area (Å²) in [4.78, 5) is 25.5. The lowest BCUT2D eigenvalue weighted by Gasteiger charge is -2.07. The lowest BCUT2D eigenvalue weighted by atomic mass is 10.3. The van der Waals surface area contributed by atoms with Gasteiger partial charge in [-0.25, -0.2) is 18.1 Å². The molecule has 0 aliphatic carbocycles. The third kappa shape index (κ3) is 2.06. The Morgan fingerprint density at radius 2 is 1.72 bits per heavy atom. The van der Waals surface area contributed by atoms with Gasteiger partial charge >= 0.3 is 5.69 Å². The van der Waals surface area contributed by atoms with E-state index in [1.54, 1.807) is 0 Å². The van der Waals surface area contributed by atoms with Crippen molar-refractivity contribution in [2.24, 2.45) is 0 Å². The van der Waals surface area contributed by atoms with Crippen LogP contribution < -0.4 is 11.2 Å². The number of aryl methyl sites for hydroxylation is 1. The monoisotopic (exact) mass is 272 g/mol. The van der Waals surface area contributed by atoms with Crippen molar-refractivity contribution >= 4 is 11.6 Å². The van der Waals surface area contributed by atoms with E-state index in [4.69, 9.17) is 11.6 Å². The number of benzene rings is 1. The van der Waals surface area contributed by atoms with Crippen LogP contribution in [0.25, 0.3) is 5.69 Å². The van der Waals surface area contributed by atoms with Crippen LogP contribution in [0.4, 0.5) is 8.78 Å². The first-order valence-electron chi connectivity index (χ1n) is 4.88. The molecular formula is C11H7ClF2N2O2. The Morgan fingerprint density at radius 1 is 1.17 bits per heavy atom. The molecule has 0 atom stereocenters. The maximum Gasteiger partial charge on any atom is 0.333 e. The minimum Gasteiger partial charge on any atom is -0.311 e. The number of hydrogen-bond acceptors (Lipinski definition) is 2. The second-order valence-electron chi connectivity index (χ2n) is 3.65. The van der Waals surface area contributed by atoms with Gasteiger partial charge in [0.2, 0.25) is 0 Å². The Kier molecular flexibility index (Phi) is 3.04. The van der Waals surface area contributed by atoms with Gasteiger partial charge in [-0.05, 0) is 19.1 Å². The summed E-state index contributed by atoms with van der Waals surface area (Å²) in [5, 5.41) is -0.162. The van der Waals surface area contributed by atoms with Crippen molar-refractivity contribution < 1.29 is 8.78 Å². The Hall–Kier alpha value is -1.95. The fourth-order valence-electron chi connectivity index (χ4n) is 1.57. The van der Waals surface area contributed by atoms with Gasteiger partial charge in [0.25, 0.3) is 5.56 Å². The van der Waals surface area contributed by atoms with Gasteiger partial charge in [0.15, 0.2) is 11.6 Å². The molecule has 0 spiro atoms. The van der Waals surface area contributed by atoms with Crippen LogP contribution in [0.3, 0.4) is 0 Å². The molecule has 7 heteroatoms. The van der Waals surface area contributed by atoms with Crippen LogP contribution in [0.15, 0.2) is 27.8 Å². The molecule has 94 valence electrons. The molecule has 2 aromatic rings. The van der Waals surface area contributed by atoms with Crippen molar-refractivity contribution in [3.8, 4) is 5.69 Å². The van der Waals surface area contributed by atoms with Crippen LogP contribution in [0.5, 0.6) is 0 Å². The summed E-state index contributed by atoms with van der Waals surface area (Å²) in [6, 6.07) is 2.71. The normalized spacial score (nSPS) is 10.7. The van der Waals surface area contributed by atoms with Gasteiger partial charge < -0.3 is 4.98 Å². The predicted molar refractivity (Wildman–Crippen MR) is 62.3 cm³/mol. The molecule has 2 rings (SSSR count). The third-order valence-corrected chi connectivity index (χ3v) is 2.49. The summed E-state index contributed by atoms with van der Waals surface area (Å²) in [5.74, 6) is -2.17. The Morgan fingerprint density at radius 3 is 2.22 bits per heavy atom. The van der Waals surface area contributed by atoms with Crippen molar-refractivity contribution in [2.45, 2.75) is 6.92 Å². The zero-order valence-electron chi connectivity index (χ0n) is 9.13. The highest BCUT2D eigenvalue weighted by molar-refractivity contribution is 6.30. The summed E-state index contributed by atoms with van der Waals surface area (Å²) in [5.41, 5.74) is -2.18. The number of nitrogens with one attached hydrogen (secondary N) is 1. The number of H-pyrrole nitrogens is 1. The van der Waals surface area contributed by atoms with E-state index in [1.807, 2.05) is 0 Å². The molecule has 18 heavy (non-hydrogen) atoms. The van der Waals surface area contributed by atoms with Gasteiger partial charge in [-0.3, -0.25) is 4.79 Å². The summed E-state index contributed by atoms with van der Waals surface area (Å²) < 4.78 is 27.6. The second-order valence-corrected chi connectivity index (χ2v) is 4.09. The number of aromatic amines is 1. The minimum absolute atomic E-state index is 0.162. The molecule has 0 saturated carbocycles. The smallest absolute Gasteiger partial charge is 0.311 e. The highest BCUT2D eigenvalue weighted by Crippen LogP contribution is 2.20. The molecule has 0 fully saturated rings. The van der Waals surface area contributed by atoms with Crippen molar-refractivity contribution in [3.05, 3.63) is 61.4 Å². The second kappa shape index (κ2) is 4.38. The number of rotatable bonds is 1. The van der Waals surface area contributed by atoms with E-state index in [0.29, 0.717) is 10.3 Å². The van der Waals surface area contributed by atoms with E-state index in [9.17, 15) is 18.4 Å². The van der Waals surface area contributed by atoms with E-state index in [1.165, 1.54) is 6.92 Å². The fraction of sp³-hybridized carbons (Fsp3) is 0.0909. The molecule has 1 aromatic carbocycles. The molecule has 0 saturated heterocycles. The maximum absolute atomic E-state index is 13.6. The molecule has 0 bridgehead atoms. The molecule has 1 N–H and O–H groups in total. The van der Waals surface area contributed by atoms with E-state index >= 15 is 0 Å². The molecule has 1 heterocycles. The van der Waals surface area contributed by atoms with Crippen LogP contribution in [0, 0.1) is 18.6 Å². The quantitative estimate of drug-likeness (QED) is 0.860. The van der Waals surface area contributed by atoms with E-state index in [-0.39, 0.29) is 5.02 Å². The topological polar surface area (TPSA) is 54.9 Å². The number of halogens is 3. The summed E-state index contributed by atoms with van der Waals surface area (Å²) in [6.45, 7) is 1.49. The lowest BCUT2D eigenvalue weighted by molar-refractivity contribution is 0.562. The SMILES string of the molecule is Cc1cc(=O)n(-c2c(F)cc(Cl)cc2F)c(=O)[nH]1. The van der Waals surface area contributed by atoms with Crippen molar-refractivity contribution in [2.75, 3.05) is 0 Å². The molecule has 0 amide bonds. The average molecular weight is 273 g/mol. The van der Waals surface area contributed by atoms with E-state index in [2.05, 4.69) is 4.98 Å². The van der Waals surface area contributed by atoms with Crippen LogP contribution in [-0.4, -0.2) is 9.55 Å². The largest absolute Gasteiger partial charge is 0.333 e. The van der Waals surface area contributed by atoms with Crippen LogP contribution in [0.2, 0.25) is 5.02 Å². The molecule has 0 unspecified atom stereocenters. The van der Waals surface area contributed by atoms with Crippen molar-refractivity contribution in [3.63, 3.8) is 0 Å². The molecule has 4 nitrogen and oxygen atoms in total. The van der Waals surface area contributed by atoms with Crippen LogP contribution >= 0.6 is 11.6 Å². The lowest BCUT2D eigenvalue weighted by Crippen LogP contribution is -2.34. The van der Waals surface area contributed by atoms with Gasteiger partial charge in [-0.1, -0.05) is 11.6 Å². The summed E-state index contributed by atoms with van der Waals surface area (Å²) >= 11 is 5.46. The molecule has 0 radical (unpaired) electrons. The van der Waals surface area contributed by atoms with Gasteiger partial charge in [0.1, 0.15) is 5.69 Å². The van der Waals surface area contributed by atoms with Gasteiger partial charge in [0, 0.05) is 16.8 Å². The average Bonchev–Trinajstić information content (AvgIpc) is 2.20. The van der Waals surface area contributed by atoms with Crippen LogP contribution in [-0.2, 0) is 0 Å². The fourth-order valence-corrected chi connectivity index (χ4v) is 1.76. The Labute approximate surface area is 104 Å². The van der Waals surface area contributed by atoms with Gasteiger partial charge in [-0.2, -0.15) is 0 Å². The molecular weight excluding hydrogens is 266 g/mol. The highest BCUT2D eigenvalue weighted by atomic mass is 35.5. The zero-order valence-corrected chi connectivity index (χ0v) is 9.89. The third-order valence-electron chi connectivity index (χ3n) is 2.27. The van der Waals surface area contributed by atoms with Gasteiger partial charge in [0.05, 0.1) is 0 Å². The van der Waals surface area contributed by atoms with Crippen LogP contribution in [0.1, 0.15) is 5.69 Å². The molecule has 0 aliphatic heterocycles. The Balaban J connectivity index is 2.87. The van der Waals surface area contributed by atoms with Crippen molar-refractivity contribution in [1.29, 1.82) is 0 Å². The standard InChI is InChI=1S/C11H7ClF2N2O2/c1-5-2-9(17)16(11(18)15-5)10-7(13)3-6(12)4-8(10)14/h2-4H,1H3,(H,15,18). The first-order valence-corrected chi connectivity index (χ1v) is 5.26. The summed E-state index contributed by atoms with van der Waals surface area (Å²) in [6.07, 6.45) is 0. The minimum atomic E-state index is -1.09. The van der Waals surface area contributed by atoms with E-state index in [0.717, 1.165) is 18.2 Å². The molecule has 0 aliphatic rings. The first-order chi connectivity index (χ1) is 8.40.